The highest BCUT2D eigenvalue weighted by molar-refractivity contribution is 6.36. The van der Waals surface area contributed by atoms with Gasteiger partial charge in [-0.3, -0.25) is 14.4 Å². The molecule has 0 aromatic heterocycles. The Labute approximate surface area is 207 Å². The summed E-state index contributed by atoms with van der Waals surface area (Å²) in [5.74, 6) is -1.50. The van der Waals surface area contributed by atoms with Gasteiger partial charge in [-0.2, -0.15) is 0 Å². The molecule has 0 heterocycles. The van der Waals surface area contributed by atoms with Gasteiger partial charge >= 0.3 is 5.97 Å². The molecule has 0 aliphatic carbocycles. The Balaban J connectivity index is 1.72. The van der Waals surface area contributed by atoms with E-state index in [4.69, 9.17) is 32.7 Å². The van der Waals surface area contributed by atoms with Gasteiger partial charge in [0.05, 0.1) is 23.4 Å². The molecule has 176 valence electrons. The van der Waals surface area contributed by atoms with E-state index in [-0.39, 0.29) is 10.6 Å². The van der Waals surface area contributed by atoms with Crippen LogP contribution in [0.2, 0.25) is 10.0 Å². The zero-order valence-corrected chi connectivity index (χ0v) is 19.9. The Hall–Kier alpha value is -3.55. The number of nitrogens with one attached hydrogen (secondary N) is 2. The molecule has 0 aliphatic heterocycles. The van der Waals surface area contributed by atoms with Crippen LogP contribution in [0.15, 0.2) is 66.7 Å². The summed E-state index contributed by atoms with van der Waals surface area (Å²) in [5, 5.41) is 5.71. The van der Waals surface area contributed by atoms with Crippen molar-refractivity contribution < 1.29 is 23.9 Å². The van der Waals surface area contributed by atoms with Crippen LogP contribution in [0, 0.1) is 6.92 Å². The average molecular weight is 501 g/mol. The van der Waals surface area contributed by atoms with Crippen molar-refractivity contribution in [3.8, 4) is 5.75 Å². The van der Waals surface area contributed by atoms with Crippen molar-refractivity contribution >= 4 is 46.7 Å². The van der Waals surface area contributed by atoms with E-state index in [1.807, 2.05) is 13.0 Å². The Morgan fingerprint density at radius 3 is 2.38 bits per heavy atom. The molecule has 0 aliphatic rings. The van der Waals surface area contributed by atoms with E-state index in [2.05, 4.69) is 10.6 Å². The third-order valence-corrected chi connectivity index (χ3v) is 5.32. The molecule has 0 saturated carbocycles. The number of carbonyl (C=O) groups is 3. The first-order valence-electron chi connectivity index (χ1n) is 10.2. The normalized spacial score (nSPS) is 11.3. The predicted octanol–water partition coefficient (Wildman–Crippen LogP) is 4.96. The number of hydrogen-bond acceptors (Lipinski definition) is 5. The second-order valence-corrected chi connectivity index (χ2v) is 8.12. The van der Waals surface area contributed by atoms with Crippen molar-refractivity contribution in [2.75, 3.05) is 19.0 Å². The lowest BCUT2D eigenvalue weighted by Gasteiger charge is -2.19. The highest BCUT2D eigenvalue weighted by atomic mass is 35.5. The summed E-state index contributed by atoms with van der Waals surface area (Å²) in [6, 6.07) is 18.2. The minimum absolute atomic E-state index is 0.145. The monoisotopic (exact) mass is 500 g/mol. The second-order valence-electron chi connectivity index (χ2n) is 7.28. The molecule has 0 fully saturated rings. The average Bonchev–Trinajstić information content (AvgIpc) is 2.81. The molecule has 2 N–H and O–H groups in total. The second kappa shape index (κ2) is 11.5. The van der Waals surface area contributed by atoms with Crippen molar-refractivity contribution in [2.24, 2.45) is 0 Å². The Bertz CT molecular complexity index is 1200. The summed E-state index contributed by atoms with van der Waals surface area (Å²) in [4.78, 5) is 38.0. The lowest BCUT2D eigenvalue weighted by atomic mass is 10.1. The highest BCUT2D eigenvalue weighted by Gasteiger charge is 2.26. The number of methoxy groups -OCH3 is 1. The van der Waals surface area contributed by atoms with Crippen LogP contribution in [-0.4, -0.2) is 31.4 Å². The molecule has 34 heavy (non-hydrogen) atoms. The first kappa shape index (κ1) is 25.1. The maximum absolute atomic E-state index is 13.1. The number of ether oxygens (including phenoxy) is 2. The van der Waals surface area contributed by atoms with Crippen molar-refractivity contribution in [1.29, 1.82) is 0 Å². The fourth-order valence-electron chi connectivity index (χ4n) is 3.11. The number of rotatable bonds is 8. The molecule has 9 heteroatoms. The van der Waals surface area contributed by atoms with Gasteiger partial charge in [-0.25, -0.2) is 0 Å². The van der Waals surface area contributed by atoms with Crippen LogP contribution >= 0.6 is 23.2 Å². The van der Waals surface area contributed by atoms with Gasteiger partial charge in [-0.05, 0) is 42.8 Å². The Kier molecular flexibility index (Phi) is 8.51. The molecule has 3 aromatic rings. The maximum atomic E-state index is 13.1. The molecular weight excluding hydrogens is 479 g/mol. The van der Waals surface area contributed by atoms with Gasteiger partial charge in [0.15, 0.2) is 0 Å². The zero-order valence-electron chi connectivity index (χ0n) is 18.4. The predicted molar refractivity (Wildman–Crippen MR) is 130 cm³/mol. The molecule has 0 spiro atoms. The molecule has 2 amide bonds. The summed E-state index contributed by atoms with van der Waals surface area (Å²) >= 11 is 11.9. The fourth-order valence-corrected chi connectivity index (χ4v) is 3.61. The van der Waals surface area contributed by atoms with Crippen LogP contribution in [-0.2, 0) is 14.3 Å². The topological polar surface area (TPSA) is 93.7 Å². The van der Waals surface area contributed by atoms with Crippen molar-refractivity contribution in [3.63, 3.8) is 0 Å². The summed E-state index contributed by atoms with van der Waals surface area (Å²) in [6.07, 6.45) is -1.25. The standard InChI is InChI=1S/C25H22Cl2N2O5/c1-15-8-11-21(33-2)20(12-15)29-25(32)23(16-6-4-3-5-7-16)34-22(30)14-28-24(31)18-10-9-17(26)13-19(18)27/h3-13,23H,14H2,1-2H3,(H,28,31)(H,29,32)/t23-/m0/s1. The molecule has 3 aromatic carbocycles. The summed E-state index contributed by atoms with van der Waals surface area (Å²) in [5.41, 5.74) is 1.97. The number of anilines is 1. The molecule has 0 bridgehead atoms. The van der Waals surface area contributed by atoms with Gasteiger partial charge in [0.2, 0.25) is 6.10 Å². The lowest BCUT2D eigenvalue weighted by molar-refractivity contribution is -0.153. The fraction of sp³-hybridized carbons (Fsp3) is 0.160. The van der Waals surface area contributed by atoms with Crippen LogP contribution in [0.25, 0.3) is 0 Å². The van der Waals surface area contributed by atoms with Gasteiger partial charge in [0, 0.05) is 10.6 Å². The van der Waals surface area contributed by atoms with Crippen molar-refractivity contribution in [1.82, 2.24) is 5.32 Å². The molecule has 3 rings (SSSR count). The Morgan fingerprint density at radius 1 is 0.971 bits per heavy atom. The van der Waals surface area contributed by atoms with E-state index in [1.165, 1.54) is 25.3 Å². The van der Waals surface area contributed by atoms with Crippen LogP contribution in [0.5, 0.6) is 5.75 Å². The Morgan fingerprint density at radius 2 is 1.71 bits per heavy atom. The van der Waals surface area contributed by atoms with Gasteiger partial charge in [-0.15, -0.1) is 0 Å². The number of hydrogen-bond donors (Lipinski definition) is 2. The van der Waals surface area contributed by atoms with Gasteiger partial charge in [0.25, 0.3) is 11.8 Å². The number of carbonyl (C=O) groups excluding carboxylic acids is 3. The number of aryl methyl sites for hydroxylation is 1. The summed E-state index contributed by atoms with van der Waals surface area (Å²) in [6.45, 7) is 1.40. The number of esters is 1. The molecular formula is C25H22Cl2N2O5. The van der Waals surface area contributed by atoms with Crippen molar-refractivity contribution in [2.45, 2.75) is 13.0 Å². The van der Waals surface area contributed by atoms with E-state index < -0.39 is 30.4 Å². The SMILES string of the molecule is COc1ccc(C)cc1NC(=O)[C@@H](OC(=O)CNC(=O)c1ccc(Cl)cc1Cl)c1ccccc1. The number of benzene rings is 3. The highest BCUT2D eigenvalue weighted by Crippen LogP contribution is 2.28. The third kappa shape index (κ3) is 6.50. The van der Waals surface area contributed by atoms with Crippen LogP contribution in [0.4, 0.5) is 5.69 Å². The van der Waals surface area contributed by atoms with E-state index in [9.17, 15) is 14.4 Å². The molecule has 0 radical (unpaired) electrons. The van der Waals surface area contributed by atoms with Crippen molar-refractivity contribution in [3.05, 3.63) is 93.5 Å². The first-order valence-corrected chi connectivity index (χ1v) is 11.0. The third-order valence-electron chi connectivity index (χ3n) is 4.77. The molecule has 0 saturated heterocycles. The molecule has 0 unspecified atom stereocenters. The van der Waals surface area contributed by atoms with Gasteiger partial charge in [-0.1, -0.05) is 59.6 Å². The van der Waals surface area contributed by atoms with E-state index in [1.54, 1.807) is 42.5 Å². The zero-order chi connectivity index (χ0) is 24.7. The smallest absolute Gasteiger partial charge is 0.326 e. The van der Waals surface area contributed by atoms with Gasteiger partial charge < -0.3 is 20.1 Å². The minimum Gasteiger partial charge on any atom is -0.495 e. The minimum atomic E-state index is -1.25. The summed E-state index contributed by atoms with van der Waals surface area (Å²) < 4.78 is 10.8. The van der Waals surface area contributed by atoms with Crippen LogP contribution in [0.1, 0.15) is 27.6 Å². The van der Waals surface area contributed by atoms with E-state index in [0.29, 0.717) is 22.0 Å². The number of halogens is 2. The maximum Gasteiger partial charge on any atom is 0.326 e. The first-order chi connectivity index (χ1) is 16.3. The lowest BCUT2D eigenvalue weighted by Crippen LogP contribution is -2.33. The molecule has 7 nitrogen and oxygen atoms in total. The number of amides is 2. The summed E-state index contributed by atoms with van der Waals surface area (Å²) in [7, 11) is 1.49. The van der Waals surface area contributed by atoms with Gasteiger partial charge in [0.1, 0.15) is 12.3 Å². The largest absolute Gasteiger partial charge is 0.495 e. The van der Waals surface area contributed by atoms with E-state index in [0.717, 1.165) is 5.56 Å². The van der Waals surface area contributed by atoms with Crippen LogP contribution in [0.3, 0.4) is 0 Å². The molecule has 1 atom stereocenters. The van der Waals surface area contributed by atoms with Crippen LogP contribution < -0.4 is 15.4 Å². The van der Waals surface area contributed by atoms with E-state index >= 15 is 0 Å². The quantitative estimate of drug-likeness (QED) is 0.426.